The maximum Gasteiger partial charge on any atom is 0.317 e. The lowest BCUT2D eigenvalue weighted by Crippen LogP contribution is -2.51. The van der Waals surface area contributed by atoms with Crippen molar-refractivity contribution in [3.05, 3.63) is 59.7 Å². The molecule has 2 amide bonds. The Kier molecular flexibility index (Phi) is 6.99. The number of phenols is 1. The highest BCUT2D eigenvalue weighted by molar-refractivity contribution is 5.74. The van der Waals surface area contributed by atoms with Crippen molar-refractivity contribution in [2.75, 3.05) is 38.1 Å². The van der Waals surface area contributed by atoms with Crippen molar-refractivity contribution >= 4 is 11.7 Å². The Balaban J connectivity index is 1.53. The zero-order valence-corrected chi connectivity index (χ0v) is 17.6. The minimum absolute atomic E-state index is 0.0334. The third-order valence-electron chi connectivity index (χ3n) is 5.64. The van der Waals surface area contributed by atoms with Crippen LogP contribution in [0.5, 0.6) is 5.75 Å². The maximum absolute atomic E-state index is 12.7. The largest absolute Gasteiger partial charge is 0.506 e. The molecule has 6 nitrogen and oxygen atoms in total. The van der Waals surface area contributed by atoms with Crippen molar-refractivity contribution in [2.24, 2.45) is 0 Å². The molecule has 0 aliphatic carbocycles. The van der Waals surface area contributed by atoms with Gasteiger partial charge in [-0.15, -0.1) is 0 Å². The van der Waals surface area contributed by atoms with Gasteiger partial charge in [-0.05, 0) is 44.2 Å². The van der Waals surface area contributed by atoms with Gasteiger partial charge in [0.25, 0.3) is 0 Å². The molecule has 6 heteroatoms. The molecule has 0 radical (unpaired) electrons. The minimum Gasteiger partial charge on any atom is -0.506 e. The number of carbonyl (C=O) groups is 1. The first-order chi connectivity index (χ1) is 14.0. The molecular formula is C23H32N4O2. The monoisotopic (exact) mass is 396 g/mol. The fraction of sp³-hybridized carbons (Fsp3) is 0.435. The number of phenolic OH excluding ortho intramolecular Hbond substituents is 1. The molecule has 2 aromatic carbocycles. The summed E-state index contributed by atoms with van der Waals surface area (Å²) in [6.45, 7) is 8.44. The number of amides is 2. The van der Waals surface area contributed by atoms with Gasteiger partial charge in [0.2, 0.25) is 0 Å². The second kappa shape index (κ2) is 9.65. The summed E-state index contributed by atoms with van der Waals surface area (Å²) in [5.74, 6) is 0.286. The Morgan fingerprint density at radius 1 is 1.03 bits per heavy atom. The molecule has 2 N–H and O–H groups in total. The molecule has 2 aromatic rings. The summed E-state index contributed by atoms with van der Waals surface area (Å²) in [6.07, 6.45) is 0. The number of hydrogen-bond donors (Lipinski definition) is 2. The van der Waals surface area contributed by atoms with Crippen LogP contribution in [0.3, 0.4) is 0 Å². The number of anilines is 1. The highest BCUT2D eigenvalue weighted by Gasteiger charge is 2.22. The summed E-state index contributed by atoms with van der Waals surface area (Å²) in [7, 11) is 2.12. The lowest BCUT2D eigenvalue weighted by Gasteiger charge is -2.36. The van der Waals surface area contributed by atoms with Gasteiger partial charge in [-0.3, -0.25) is 4.90 Å². The topological polar surface area (TPSA) is 59.1 Å². The van der Waals surface area contributed by atoms with E-state index in [1.807, 2.05) is 35.2 Å². The van der Waals surface area contributed by atoms with Crippen LogP contribution < -0.4 is 10.2 Å². The minimum atomic E-state index is -0.0334. The Bertz CT molecular complexity index is 816. The van der Waals surface area contributed by atoms with Gasteiger partial charge >= 0.3 is 6.03 Å². The average Bonchev–Trinajstić information content (AvgIpc) is 2.73. The molecule has 0 saturated carbocycles. The Morgan fingerprint density at radius 3 is 2.31 bits per heavy atom. The second-order valence-corrected chi connectivity index (χ2v) is 7.90. The molecule has 1 fully saturated rings. The average molecular weight is 397 g/mol. The summed E-state index contributed by atoms with van der Waals surface area (Å²) in [6, 6.07) is 16.1. The van der Waals surface area contributed by atoms with Crippen molar-refractivity contribution in [3.63, 3.8) is 0 Å². The SMILES string of the molecule is CC(C)N(C)Cc1ccccc1CNC(=O)N1CCN(c2ccccc2O)CC1. The zero-order valence-electron chi connectivity index (χ0n) is 17.6. The van der Waals surface area contributed by atoms with E-state index < -0.39 is 0 Å². The lowest BCUT2D eigenvalue weighted by atomic mass is 10.1. The van der Waals surface area contributed by atoms with Gasteiger partial charge in [0, 0.05) is 45.3 Å². The molecule has 29 heavy (non-hydrogen) atoms. The number of carbonyl (C=O) groups excluding carboxylic acids is 1. The highest BCUT2D eigenvalue weighted by atomic mass is 16.3. The van der Waals surface area contributed by atoms with Crippen LogP contribution >= 0.6 is 0 Å². The number of piperazine rings is 1. The third-order valence-corrected chi connectivity index (χ3v) is 5.64. The van der Waals surface area contributed by atoms with E-state index >= 15 is 0 Å². The zero-order chi connectivity index (χ0) is 20.8. The summed E-state index contributed by atoms with van der Waals surface area (Å²) >= 11 is 0. The van der Waals surface area contributed by atoms with Gasteiger partial charge in [0.1, 0.15) is 5.75 Å². The van der Waals surface area contributed by atoms with E-state index in [0.717, 1.165) is 17.8 Å². The highest BCUT2D eigenvalue weighted by Crippen LogP contribution is 2.27. The normalized spacial score (nSPS) is 14.5. The lowest BCUT2D eigenvalue weighted by molar-refractivity contribution is 0.193. The van der Waals surface area contributed by atoms with Crippen molar-refractivity contribution in [1.82, 2.24) is 15.1 Å². The molecule has 0 atom stereocenters. The Hall–Kier alpha value is -2.73. The molecule has 1 saturated heterocycles. The molecule has 0 bridgehead atoms. The van der Waals surface area contributed by atoms with Gasteiger partial charge < -0.3 is 20.2 Å². The van der Waals surface area contributed by atoms with Crippen LogP contribution in [0.15, 0.2) is 48.5 Å². The number of para-hydroxylation sites is 2. The molecule has 3 rings (SSSR count). The van der Waals surface area contributed by atoms with E-state index in [0.29, 0.717) is 38.8 Å². The van der Waals surface area contributed by atoms with Crippen LogP contribution in [0.2, 0.25) is 0 Å². The molecule has 0 unspecified atom stereocenters. The van der Waals surface area contributed by atoms with Gasteiger partial charge in [-0.25, -0.2) is 4.79 Å². The van der Waals surface area contributed by atoms with Crippen LogP contribution in [0, 0.1) is 0 Å². The van der Waals surface area contributed by atoms with Crippen LogP contribution in [0.4, 0.5) is 10.5 Å². The first-order valence-electron chi connectivity index (χ1n) is 10.3. The van der Waals surface area contributed by atoms with E-state index in [2.05, 4.69) is 48.1 Å². The number of aromatic hydroxyl groups is 1. The number of urea groups is 1. The van der Waals surface area contributed by atoms with Crippen LogP contribution in [0.25, 0.3) is 0 Å². The van der Waals surface area contributed by atoms with E-state index in [1.54, 1.807) is 6.07 Å². The van der Waals surface area contributed by atoms with Crippen LogP contribution in [-0.4, -0.2) is 60.2 Å². The van der Waals surface area contributed by atoms with Crippen molar-refractivity contribution in [2.45, 2.75) is 33.0 Å². The van der Waals surface area contributed by atoms with Gasteiger partial charge in [0.05, 0.1) is 5.69 Å². The predicted octanol–water partition coefficient (Wildman–Crippen LogP) is 3.26. The van der Waals surface area contributed by atoms with Gasteiger partial charge in [0.15, 0.2) is 0 Å². The Labute approximate surface area is 173 Å². The van der Waals surface area contributed by atoms with Crippen molar-refractivity contribution in [1.29, 1.82) is 0 Å². The van der Waals surface area contributed by atoms with Crippen LogP contribution in [0.1, 0.15) is 25.0 Å². The summed E-state index contributed by atoms with van der Waals surface area (Å²) in [5, 5.41) is 13.1. The second-order valence-electron chi connectivity index (χ2n) is 7.90. The molecule has 0 spiro atoms. The molecule has 1 aliphatic heterocycles. The number of benzene rings is 2. The summed E-state index contributed by atoms with van der Waals surface area (Å²) in [4.78, 5) is 18.9. The molecule has 1 heterocycles. The quantitative estimate of drug-likeness (QED) is 0.787. The smallest absolute Gasteiger partial charge is 0.317 e. The first-order valence-corrected chi connectivity index (χ1v) is 10.3. The third kappa shape index (κ3) is 5.41. The first kappa shape index (κ1) is 21.0. The summed E-state index contributed by atoms with van der Waals surface area (Å²) < 4.78 is 0. The maximum atomic E-state index is 12.7. The fourth-order valence-corrected chi connectivity index (χ4v) is 3.50. The molecular weight excluding hydrogens is 364 g/mol. The number of nitrogens with one attached hydrogen (secondary N) is 1. The standard InChI is InChI=1S/C23H32N4O2/c1-18(2)25(3)17-20-9-5-4-8-19(20)16-24-23(29)27-14-12-26(13-15-27)21-10-6-7-11-22(21)28/h4-11,18,28H,12-17H2,1-3H3,(H,24,29). The van der Waals surface area contributed by atoms with Gasteiger partial charge in [-0.2, -0.15) is 0 Å². The van der Waals surface area contributed by atoms with E-state index in [1.165, 1.54) is 5.56 Å². The number of rotatable bonds is 6. The fourth-order valence-electron chi connectivity index (χ4n) is 3.50. The van der Waals surface area contributed by atoms with E-state index in [-0.39, 0.29) is 11.8 Å². The van der Waals surface area contributed by atoms with Crippen molar-refractivity contribution in [3.8, 4) is 5.75 Å². The van der Waals surface area contributed by atoms with E-state index in [4.69, 9.17) is 0 Å². The number of hydrogen-bond acceptors (Lipinski definition) is 4. The molecule has 156 valence electrons. The van der Waals surface area contributed by atoms with Crippen LogP contribution in [-0.2, 0) is 13.1 Å². The number of nitrogens with zero attached hydrogens (tertiary/aromatic N) is 3. The predicted molar refractivity (Wildman–Crippen MR) is 117 cm³/mol. The van der Waals surface area contributed by atoms with Gasteiger partial charge in [-0.1, -0.05) is 36.4 Å². The van der Waals surface area contributed by atoms with Crippen molar-refractivity contribution < 1.29 is 9.90 Å². The Morgan fingerprint density at radius 2 is 1.66 bits per heavy atom. The molecule has 0 aromatic heterocycles. The van der Waals surface area contributed by atoms with E-state index in [9.17, 15) is 9.90 Å². The summed E-state index contributed by atoms with van der Waals surface area (Å²) in [5.41, 5.74) is 3.23. The molecule has 1 aliphatic rings.